The summed E-state index contributed by atoms with van der Waals surface area (Å²) in [6, 6.07) is 45.8. The van der Waals surface area contributed by atoms with E-state index in [1.807, 2.05) is 48.8 Å². The smallest absolute Gasteiger partial charge is 0.0717 e. The summed E-state index contributed by atoms with van der Waals surface area (Å²) in [7, 11) is 0. The zero-order chi connectivity index (χ0) is 28.1. The molecule has 0 saturated carbocycles. The van der Waals surface area contributed by atoms with Crippen LogP contribution in [0.15, 0.2) is 158 Å². The molecule has 0 saturated heterocycles. The summed E-state index contributed by atoms with van der Waals surface area (Å²) in [5.74, 6) is 0. The molecule has 0 aliphatic rings. The largest absolute Gasteiger partial charge is 0.256 e. The first-order chi connectivity index (χ1) is 20.8. The average molecular weight is 539 g/mol. The molecule has 0 fully saturated rings. The van der Waals surface area contributed by atoms with Crippen LogP contribution in [-0.4, -0.2) is 19.9 Å². The fraction of sp³-hybridized carbons (Fsp3) is 0. The predicted octanol–water partition coefficient (Wildman–Crippen LogP) is 9.27. The van der Waals surface area contributed by atoms with Gasteiger partial charge in [-0.3, -0.25) is 19.9 Å². The van der Waals surface area contributed by atoms with Gasteiger partial charge in [0.15, 0.2) is 0 Å². The second-order valence-corrected chi connectivity index (χ2v) is 9.99. The lowest BCUT2D eigenvalue weighted by Gasteiger charge is -2.12. The Morgan fingerprint density at radius 1 is 0.262 bits per heavy atom. The minimum Gasteiger partial charge on any atom is -0.256 e. The molecule has 0 aliphatic carbocycles. The second kappa shape index (κ2) is 11.4. The van der Waals surface area contributed by atoms with Crippen molar-refractivity contribution in [1.29, 1.82) is 0 Å². The van der Waals surface area contributed by atoms with E-state index in [2.05, 4.69) is 107 Å². The zero-order valence-electron chi connectivity index (χ0n) is 22.8. The van der Waals surface area contributed by atoms with Crippen molar-refractivity contribution in [1.82, 2.24) is 19.9 Å². The van der Waals surface area contributed by atoms with E-state index in [4.69, 9.17) is 9.97 Å². The Labute approximate surface area is 245 Å². The van der Waals surface area contributed by atoms with Gasteiger partial charge in [-0.25, -0.2) is 0 Å². The van der Waals surface area contributed by atoms with Gasteiger partial charge in [0, 0.05) is 47.0 Å². The fourth-order valence-electron chi connectivity index (χ4n) is 5.13. The van der Waals surface area contributed by atoms with Gasteiger partial charge in [-0.05, 0) is 70.8 Å². The summed E-state index contributed by atoms with van der Waals surface area (Å²) in [6.45, 7) is 0. The molecule has 7 rings (SSSR count). The quantitative estimate of drug-likeness (QED) is 0.212. The molecule has 0 N–H and O–H groups in total. The number of aromatic nitrogens is 4. The average Bonchev–Trinajstić information content (AvgIpc) is 3.09. The minimum atomic E-state index is 0.923. The Hall–Kier alpha value is -5.74. The van der Waals surface area contributed by atoms with Gasteiger partial charge in [-0.1, -0.05) is 84.9 Å². The van der Waals surface area contributed by atoms with Gasteiger partial charge in [0.2, 0.25) is 0 Å². The van der Waals surface area contributed by atoms with Crippen molar-refractivity contribution in [2.24, 2.45) is 0 Å². The topological polar surface area (TPSA) is 51.6 Å². The highest BCUT2D eigenvalue weighted by molar-refractivity contribution is 5.85. The number of benzene rings is 3. The van der Waals surface area contributed by atoms with Crippen molar-refractivity contribution in [3.63, 3.8) is 0 Å². The van der Waals surface area contributed by atoms with Gasteiger partial charge in [0.25, 0.3) is 0 Å². The molecule has 198 valence electrons. The highest BCUT2D eigenvalue weighted by Crippen LogP contribution is 2.34. The van der Waals surface area contributed by atoms with Gasteiger partial charge in [0.05, 0.1) is 22.8 Å². The number of hydrogen-bond donors (Lipinski definition) is 0. The van der Waals surface area contributed by atoms with Crippen LogP contribution in [0, 0.1) is 0 Å². The van der Waals surface area contributed by atoms with Crippen LogP contribution in [0.1, 0.15) is 0 Å². The third-order valence-electron chi connectivity index (χ3n) is 7.36. The van der Waals surface area contributed by atoms with E-state index in [0.717, 1.165) is 56.2 Å². The van der Waals surface area contributed by atoms with Gasteiger partial charge >= 0.3 is 0 Å². The molecule has 0 radical (unpaired) electrons. The van der Waals surface area contributed by atoms with Crippen molar-refractivity contribution in [2.45, 2.75) is 0 Å². The molecular weight excluding hydrogens is 512 g/mol. The Kier molecular flexibility index (Phi) is 6.85. The summed E-state index contributed by atoms with van der Waals surface area (Å²) in [6.07, 6.45) is 7.37. The van der Waals surface area contributed by atoms with E-state index >= 15 is 0 Å². The SMILES string of the molecule is c1ccc(-c2ccc(-c3ccc(-c4ccccc4-c4ccc(-c5ccc(-c6ccccn6)cn5)cc4)cc3)nc2)nc1. The van der Waals surface area contributed by atoms with Crippen molar-refractivity contribution < 1.29 is 0 Å². The maximum Gasteiger partial charge on any atom is 0.0717 e. The molecule has 0 amide bonds. The molecule has 4 heteroatoms. The van der Waals surface area contributed by atoms with Crippen LogP contribution >= 0.6 is 0 Å². The molecule has 0 aliphatic heterocycles. The van der Waals surface area contributed by atoms with E-state index in [9.17, 15) is 0 Å². The van der Waals surface area contributed by atoms with Crippen LogP contribution in [0.3, 0.4) is 0 Å². The molecule has 0 bridgehead atoms. The standard InChI is InChI=1S/C38H26N4/c1-2-8-34(28-13-17-30(18-14-28)38-22-20-32(26-42-38)36-10-4-6-24-40-36)33(7-1)27-11-15-29(16-12-27)37-21-19-31(25-41-37)35-9-3-5-23-39-35/h1-26H. The molecule has 0 atom stereocenters. The first kappa shape index (κ1) is 25.2. The lowest BCUT2D eigenvalue weighted by molar-refractivity contribution is 1.28. The summed E-state index contributed by atoms with van der Waals surface area (Å²) in [5, 5.41) is 0. The van der Waals surface area contributed by atoms with Crippen LogP contribution in [0.25, 0.3) is 67.3 Å². The molecule has 0 unspecified atom stereocenters. The lowest BCUT2D eigenvalue weighted by atomic mass is 9.93. The lowest BCUT2D eigenvalue weighted by Crippen LogP contribution is -1.89. The molecule has 7 aromatic rings. The van der Waals surface area contributed by atoms with Crippen LogP contribution in [-0.2, 0) is 0 Å². The van der Waals surface area contributed by atoms with Crippen LogP contribution < -0.4 is 0 Å². The molecule has 0 spiro atoms. The summed E-state index contributed by atoms with van der Waals surface area (Å²) in [5.41, 5.74) is 12.6. The number of pyridine rings is 4. The third kappa shape index (κ3) is 5.21. The first-order valence-corrected chi connectivity index (χ1v) is 13.9. The Bertz CT molecular complexity index is 1770. The van der Waals surface area contributed by atoms with Gasteiger partial charge in [-0.2, -0.15) is 0 Å². The van der Waals surface area contributed by atoms with E-state index in [1.54, 1.807) is 12.4 Å². The highest BCUT2D eigenvalue weighted by atomic mass is 14.7. The first-order valence-electron chi connectivity index (χ1n) is 13.9. The zero-order valence-corrected chi connectivity index (χ0v) is 22.8. The number of rotatable bonds is 6. The molecule has 42 heavy (non-hydrogen) atoms. The molecular formula is C38H26N4. The van der Waals surface area contributed by atoms with Gasteiger partial charge < -0.3 is 0 Å². The maximum absolute atomic E-state index is 4.70. The van der Waals surface area contributed by atoms with Crippen LogP contribution in [0.2, 0.25) is 0 Å². The van der Waals surface area contributed by atoms with Crippen molar-refractivity contribution in [3.8, 4) is 67.3 Å². The molecule has 4 nitrogen and oxygen atoms in total. The monoisotopic (exact) mass is 538 g/mol. The fourth-order valence-corrected chi connectivity index (χ4v) is 5.13. The number of hydrogen-bond acceptors (Lipinski definition) is 4. The van der Waals surface area contributed by atoms with Gasteiger partial charge in [0.1, 0.15) is 0 Å². The van der Waals surface area contributed by atoms with Crippen LogP contribution in [0.5, 0.6) is 0 Å². The second-order valence-electron chi connectivity index (χ2n) is 9.99. The molecule has 4 heterocycles. The maximum atomic E-state index is 4.70. The highest BCUT2D eigenvalue weighted by Gasteiger charge is 2.10. The van der Waals surface area contributed by atoms with E-state index < -0.39 is 0 Å². The van der Waals surface area contributed by atoms with E-state index in [-0.39, 0.29) is 0 Å². The Morgan fingerprint density at radius 2 is 0.619 bits per heavy atom. The summed E-state index contributed by atoms with van der Waals surface area (Å²) in [4.78, 5) is 18.2. The van der Waals surface area contributed by atoms with Crippen molar-refractivity contribution in [2.75, 3.05) is 0 Å². The van der Waals surface area contributed by atoms with Crippen molar-refractivity contribution in [3.05, 3.63) is 158 Å². The Morgan fingerprint density at radius 3 is 0.976 bits per heavy atom. The normalized spacial score (nSPS) is 10.9. The van der Waals surface area contributed by atoms with Crippen LogP contribution in [0.4, 0.5) is 0 Å². The van der Waals surface area contributed by atoms with Gasteiger partial charge in [-0.15, -0.1) is 0 Å². The van der Waals surface area contributed by atoms with E-state index in [1.165, 1.54) is 11.1 Å². The van der Waals surface area contributed by atoms with E-state index in [0.29, 0.717) is 0 Å². The summed E-state index contributed by atoms with van der Waals surface area (Å²) < 4.78 is 0. The number of nitrogens with zero attached hydrogens (tertiary/aromatic N) is 4. The summed E-state index contributed by atoms with van der Waals surface area (Å²) >= 11 is 0. The Balaban J connectivity index is 1.11. The molecule has 4 aromatic heterocycles. The third-order valence-corrected chi connectivity index (χ3v) is 7.36. The predicted molar refractivity (Wildman–Crippen MR) is 170 cm³/mol. The van der Waals surface area contributed by atoms with Crippen molar-refractivity contribution >= 4 is 0 Å². The minimum absolute atomic E-state index is 0.923. The molecule has 3 aromatic carbocycles.